The number of hydrogen-bond donors (Lipinski definition) is 2. The van der Waals surface area contributed by atoms with Crippen molar-refractivity contribution in [3.8, 4) is 0 Å². The maximum atomic E-state index is 11.9. The van der Waals surface area contributed by atoms with Crippen LogP contribution in [0.1, 0.15) is 36.2 Å². The first-order chi connectivity index (χ1) is 11.8. The van der Waals surface area contributed by atoms with Crippen molar-refractivity contribution < 1.29 is 24.0 Å². The Labute approximate surface area is 144 Å². The number of benzene rings is 1. The summed E-state index contributed by atoms with van der Waals surface area (Å²) in [6.45, 7) is 4.87. The Bertz CT molecular complexity index is 674. The lowest BCUT2D eigenvalue weighted by Gasteiger charge is -2.13. The van der Waals surface area contributed by atoms with Crippen molar-refractivity contribution in [3.05, 3.63) is 39.4 Å². The lowest BCUT2D eigenvalue weighted by atomic mass is 10.1. The molecule has 0 fully saturated rings. The highest BCUT2D eigenvalue weighted by Gasteiger charge is 2.18. The molecule has 0 unspecified atom stereocenters. The number of carbonyl (C=O) groups is 3. The minimum absolute atomic E-state index is 0.0289. The minimum Gasteiger partial charge on any atom is -0.452 e. The fraction of sp³-hybridized carbons (Fsp3) is 0.438. The van der Waals surface area contributed by atoms with E-state index in [1.54, 1.807) is 6.92 Å². The molecular weight excluding hydrogens is 330 g/mol. The molecule has 0 bridgehead atoms. The average molecular weight is 351 g/mol. The lowest BCUT2D eigenvalue weighted by Crippen LogP contribution is -2.46. The van der Waals surface area contributed by atoms with Gasteiger partial charge in [0.1, 0.15) is 6.04 Å². The van der Waals surface area contributed by atoms with Gasteiger partial charge in [-0.3, -0.25) is 19.7 Å². The van der Waals surface area contributed by atoms with E-state index in [1.807, 2.05) is 6.92 Å². The third-order valence-electron chi connectivity index (χ3n) is 3.30. The highest BCUT2D eigenvalue weighted by Crippen LogP contribution is 2.19. The van der Waals surface area contributed by atoms with Crippen LogP contribution in [0.4, 0.5) is 5.69 Å². The van der Waals surface area contributed by atoms with Crippen LogP contribution < -0.4 is 10.6 Å². The topological polar surface area (TPSA) is 128 Å². The summed E-state index contributed by atoms with van der Waals surface area (Å²) in [5.41, 5.74) is 0.171. The summed E-state index contributed by atoms with van der Waals surface area (Å²) in [4.78, 5) is 45.5. The Balaban J connectivity index is 2.56. The number of nitrogens with zero attached hydrogens (tertiary/aromatic N) is 1. The van der Waals surface area contributed by atoms with E-state index in [4.69, 9.17) is 4.74 Å². The van der Waals surface area contributed by atoms with Gasteiger partial charge in [-0.2, -0.15) is 0 Å². The van der Waals surface area contributed by atoms with Crippen molar-refractivity contribution in [2.45, 2.75) is 33.2 Å². The maximum Gasteiger partial charge on any atom is 0.338 e. The Hall–Kier alpha value is -2.97. The van der Waals surface area contributed by atoms with Crippen LogP contribution in [0, 0.1) is 17.0 Å². The highest BCUT2D eigenvalue weighted by molar-refractivity contribution is 5.93. The molecule has 1 atom stereocenters. The quantitative estimate of drug-likeness (QED) is 0.410. The number of rotatable bonds is 8. The van der Waals surface area contributed by atoms with Crippen LogP contribution in [-0.4, -0.2) is 41.9 Å². The van der Waals surface area contributed by atoms with Gasteiger partial charge < -0.3 is 15.4 Å². The van der Waals surface area contributed by atoms with Crippen LogP contribution in [0.3, 0.4) is 0 Å². The molecule has 136 valence electrons. The minimum atomic E-state index is -0.860. The number of hydrogen-bond acceptors (Lipinski definition) is 6. The third kappa shape index (κ3) is 6.21. The van der Waals surface area contributed by atoms with Crippen molar-refractivity contribution in [3.63, 3.8) is 0 Å². The maximum absolute atomic E-state index is 11.9. The van der Waals surface area contributed by atoms with Crippen LogP contribution in [0.5, 0.6) is 0 Å². The number of nitro benzene ring substituents is 1. The summed E-state index contributed by atoms with van der Waals surface area (Å²) in [5.74, 6) is -1.84. The van der Waals surface area contributed by atoms with Crippen LogP contribution in [-0.2, 0) is 14.3 Å². The van der Waals surface area contributed by atoms with Crippen molar-refractivity contribution >= 4 is 23.5 Å². The largest absolute Gasteiger partial charge is 0.452 e. The fourth-order valence-corrected chi connectivity index (χ4v) is 1.90. The summed E-state index contributed by atoms with van der Waals surface area (Å²) in [7, 11) is 0. The number of esters is 1. The van der Waals surface area contributed by atoms with E-state index < -0.39 is 29.4 Å². The molecule has 2 N–H and O–H groups in total. The number of aryl methyl sites for hydroxylation is 1. The molecule has 9 heteroatoms. The van der Waals surface area contributed by atoms with Crippen LogP contribution in [0.15, 0.2) is 18.2 Å². The molecule has 0 aliphatic heterocycles. The van der Waals surface area contributed by atoms with Crippen LogP contribution in [0.2, 0.25) is 0 Å². The molecule has 0 heterocycles. The van der Waals surface area contributed by atoms with Crippen LogP contribution >= 0.6 is 0 Å². The van der Waals surface area contributed by atoms with Gasteiger partial charge in [0.25, 0.3) is 11.6 Å². The van der Waals surface area contributed by atoms with E-state index in [0.29, 0.717) is 12.1 Å². The van der Waals surface area contributed by atoms with E-state index >= 15 is 0 Å². The zero-order chi connectivity index (χ0) is 19.0. The van der Waals surface area contributed by atoms with E-state index in [2.05, 4.69) is 10.6 Å². The second-order valence-corrected chi connectivity index (χ2v) is 5.41. The zero-order valence-electron chi connectivity index (χ0n) is 14.3. The van der Waals surface area contributed by atoms with Gasteiger partial charge >= 0.3 is 5.97 Å². The molecule has 2 amide bonds. The molecule has 0 saturated heterocycles. The average Bonchev–Trinajstić information content (AvgIpc) is 2.57. The standard InChI is InChI=1S/C16H21N3O6/c1-4-7-17-15(21)11(3)18-14(20)9-25-16(22)12-6-5-10(2)13(8-12)19(23)24/h5-6,8,11H,4,7,9H2,1-3H3,(H,17,21)(H,18,20)/t11-/m0/s1. The van der Waals surface area contributed by atoms with E-state index in [-0.39, 0.29) is 17.2 Å². The monoisotopic (exact) mass is 351 g/mol. The van der Waals surface area contributed by atoms with Crippen molar-refractivity contribution in [1.29, 1.82) is 0 Å². The van der Waals surface area contributed by atoms with E-state index in [0.717, 1.165) is 12.5 Å². The van der Waals surface area contributed by atoms with E-state index in [9.17, 15) is 24.5 Å². The molecule has 0 radical (unpaired) electrons. The lowest BCUT2D eigenvalue weighted by molar-refractivity contribution is -0.385. The third-order valence-corrected chi connectivity index (χ3v) is 3.30. The number of carbonyl (C=O) groups excluding carboxylic acids is 3. The first-order valence-electron chi connectivity index (χ1n) is 7.75. The predicted octanol–water partition coefficient (Wildman–Crippen LogP) is 1.09. The molecule has 0 aliphatic rings. The molecule has 25 heavy (non-hydrogen) atoms. The number of ether oxygens (including phenoxy) is 1. The highest BCUT2D eigenvalue weighted by atomic mass is 16.6. The first kappa shape index (κ1) is 20.1. The van der Waals surface area contributed by atoms with Crippen molar-refractivity contribution in [1.82, 2.24) is 10.6 Å². The van der Waals surface area contributed by atoms with Gasteiger partial charge in [-0.25, -0.2) is 4.79 Å². The van der Waals surface area contributed by atoms with Crippen molar-refractivity contribution in [2.24, 2.45) is 0 Å². The normalized spacial score (nSPS) is 11.3. The molecule has 9 nitrogen and oxygen atoms in total. The van der Waals surface area contributed by atoms with Gasteiger partial charge in [0.2, 0.25) is 5.91 Å². The Morgan fingerprint density at radius 1 is 1.32 bits per heavy atom. The van der Waals surface area contributed by atoms with Crippen molar-refractivity contribution in [2.75, 3.05) is 13.2 Å². The Morgan fingerprint density at radius 2 is 2.00 bits per heavy atom. The molecule has 0 saturated carbocycles. The Kier molecular flexibility index (Phi) is 7.51. The molecule has 1 aromatic rings. The van der Waals surface area contributed by atoms with Gasteiger partial charge in [-0.15, -0.1) is 0 Å². The summed E-state index contributed by atoms with van der Waals surface area (Å²) >= 11 is 0. The molecule has 0 aliphatic carbocycles. The fourth-order valence-electron chi connectivity index (χ4n) is 1.90. The van der Waals surface area contributed by atoms with Gasteiger partial charge in [-0.1, -0.05) is 13.0 Å². The van der Waals surface area contributed by atoms with Gasteiger partial charge in [0.15, 0.2) is 6.61 Å². The molecular formula is C16H21N3O6. The number of amides is 2. The van der Waals surface area contributed by atoms with Gasteiger partial charge in [0, 0.05) is 18.2 Å². The predicted molar refractivity (Wildman–Crippen MR) is 89.0 cm³/mol. The smallest absolute Gasteiger partial charge is 0.338 e. The summed E-state index contributed by atoms with van der Waals surface area (Å²) in [6, 6.07) is 3.13. The summed E-state index contributed by atoms with van der Waals surface area (Å²) < 4.78 is 4.82. The van der Waals surface area contributed by atoms with Crippen LogP contribution in [0.25, 0.3) is 0 Å². The van der Waals surface area contributed by atoms with Gasteiger partial charge in [-0.05, 0) is 26.3 Å². The van der Waals surface area contributed by atoms with Gasteiger partial charge in [0.05, 0.1) is 10.5 Å². The molecule has 0 aromatic heterocycles. The Morgan fingerprint density at radius 3 is 2.60 bits per heavy atom. The number of nitrogens with one attached hydrogen (secondary N) is 2. The van der Waals surface area contributed by atoms with E-state index in [1.165, 1.54) is 19.1 Å². The molecule has 1 aromatic carbocycles. The summed E-state index contributed by atoms with van der Waals surface area (Å²) in [6.07, 6.45) is 0.771. The second kappa shape index (κ2) is 9.36. The first-order valence-corrected chi connectivity index (χ1v) is 7.75. The second-order valence-electron chi connectivity index (χ2n) is 5.41. The summed E-state index contributed by atoms with van der Waals surface area (Å²) in [5, 5.41) is 15.9. The number of nitro groups is 1. The SMILES string of the molecule is CCCNC(=O)[C@H](C)NC(=O)COC(=O)c1ccc(C)c([N+](=O)[O-])c1. The zero-order valence-corrected chi connectivity index (χ0v) is 14.3. The molecule has 1 rings (SSSR count). The molecule has 0 spiro atoms.